The van der Waals surface area contributed by atoms with Crippen molar-refractivity contribution in [3.05, 3.63) is 64.8 Å². The maximum atomic E-state index is 13.2. The first-order chi connectivity index (χ1) is 17.5. The van der Waals surface area contributed by atoms with Crippen LogP contribution in [0.3, 0.4) is 0 Å². The number of fused-ring (bicyclic) bond motifs is 5. The lowest BCUT2D eigenvalue weighted by atomic mass is 9.74. The van der Waals surface area contributed by atoms with E-state index in [1.165, 1.54) is 22.0 Å². The number of hydrogen-bond donors (Lipinski definition) is 2. The highest BCUT2D eigenvalue weighted by Gasteiger charge is 2.47. The fraction of sp³-hybridized carbons (Fsp3) is 0.393. The third-order valence-electron chi connectivity index (χ3n) is 8.62. The fourth-order valence-corrected chi connectivity index (χ4v) is 6.57. The van der Waals surface area contributed by atoms with Crippen LogP contribution in [0.4, 0.5) is 0 Å². The Balaban J connectivity index is 1.10. The first-order valence-electron chi connectivity index (χ1n) is 12.7. The van der Waals surface area contributed by atoms with E-state index in [-0.39, 0.29) is 29.6 Å². The Morgan fingerprint density at radius 3 is 2.75 bits per heavy atom. The van der Waals surface area contributed by atoms with Crippen molar-refractivity contribution in [1.82, 2.24) is 20.1 Å². The number of benzene rings is 2. The van der Waals surface area contributed by atoms with Crippen LogP contribution in [0.15, 0.2) is 42.6 Å². The summed E-state index contributed by atoms with van der Waals surface area (Å²) < 4.78 is 6.31. The number of ether oxygens (including phenoxy) is 1. The number of piperidine rings is 2. The second-order valence-electron chi connectivity index (χ2n) is 10.6. The summed E-state index contributed by atoms with van der Waals surface area (Å²) in [5.41, 5.74) is 5.19. The van der Waals surface area contributed by atoms with Crippen LogP contribution in [0.5, 0.6) is 5.75 Å². The smallest absolute Gasteiger partial charge is 0.255 e. The average molecular weight is 485 g/mol. The highest BCUT2D eigenvalue weighted by Crippen LogP contribution is 2.49. The lowest BCUT2D eigenvalue weighted by Crippen LogP contribution is -2.52. The van der Waals surface area contributed by atoms with Gasteiger partial charge in [-0.25, -0.2) is 0 Å². The van der Waals surface area contributed by atoms with Crippen LogP contribution in [0.25, 0.3) is 10.9 Å². The number of H-pyrrole nitrogens is 1. The number of rotatable bonds is 3. The quantitative estimate of drug-likeness (QED) is 0.558. The van der Waals surface area contributed by atoms with Gasteiger partial charge < -0.3 is 14.6 Å². The van der Waals surface area contributed by atoms with E-state index in [9.17, 15) is 14.4 Å². The minimum absolute atomic E-state index is 0.0357. The molecule has 0 bridgehead atoms. The summed E-state index contributed by atoms with van der Waals surface area (Å²) in [5.74, 6) is 0.0219. The number of nitrogens with one attached hydrogen (secondary N) is 2. The van der Waals surface area contributed by atoms with Crippen LogP contribution in [0.2, 0.25) is 0 Å². The number of imide groups is 1. The molecular formula is C28H28N4O4. The van der Waals surface area contributed by atoms with E-state index in [1.807, 2.05) is 12.3 Å². The summed E-state index contributed by atoms with van der Waals surface area (Å²) in [6.07, 6.45) is 4.63. The molecule has 36 heavy (non-hydrogen) atoms. The van der Waals surface area contributed by atoms with E-state index in [1.54, 1.807) is 4.90 Å². The largest absolute Gasteiger partial charge is 0.492 e. The third kappa shape index (κ3) is 3.20. The highest BCUT2D eigenvalue weighted by molar-refractivity contribution is 6.05. The zero-order valence-corrected chi connectivity index (χ0v) is 20.0. The van der Waals surface area contributed by atoms with Gasteiger partial charge in [0.1, 0.15) is 11.8 Å². The van der Waals surface area contributed by atoms with Crippen LogP contribution in [-0.4, -0.2) is 58.2 Å². The van der Waals surface area contributed by atoms with Crippen molar-refractivity contribution in [3.8, 4) is 5.75 Å². The van der Waals surface area contributed by atoms with Gasteiger partial charge in [0.05, 0.1) is 13.2 Å². The summed E-state index contributed by atoms with van der Waals surface area (Å²) in [5, 5.41) is 3.66. The minimum atomic E-state index is -0.610. The molecular weight excluding hydrogens is 456 g/mol. The van der Waals surface area contributed by atoms with Gasteiger partial charge in [-0.2, -0.15) is 0 Å². The lowest BCUT2D eigenvalue weighted by molar-refractivity contribution is -0.136. The number of carbonyl (C=O) groups is 3. The molecule has 1 atom stereocenters. The van der Waals surface area contributed by atoms with Crippen LogP contribution in [-0.2, 0) is 28.1 Å². The molecule has 3 aromatic rings. The number of carbonyl (C=O) groups excluding carboxylic acids is 3. The molecule has 1 aromatic heterocycles. The fourth-order valence-electron chi connectivity index (χ4n) is 6.57. The topological polar surface area (TPSA) is 94.7 Å². The van der Waals surface area contributed by atoms with Crippen molar-refractivity contribution in [3.63, 3.8) is 0 Å². The molecule has 184 valence electrons. The molecule has 0 aliphatic carbocycles. The molecule has 4 aliphatic heterocycles. The van der Waals surface area contributed by atoms with E-state index in [0.29, 0.717) is 25.1 Å². The molecule has 8 nitrogen and oxygen atoms in total. The molecule has 4 aliphatic rings. The lowest BCUT2D eigenvalue weighted by Gasteiger charge is -2.38. The Morgan fingerprint density at radius 2 is 1.92 bits per heavy atom. The monoisotopic (exact) mass is 484 g/mol. The summed E-state index contributed by atoms with van der Waals surface area (Å²) in [4.78, 5) is 44.6. The van der Waals surface area contributed by atoms with Crippen molar-refractivity contribution in [1.29, 1.82) is 0 Å². The molecule has 2 N–H and O–H groups in total. The third-order valence-corrected chi connectivity index (χ3v) is 8.62. The number of aromatic nitrogens is 1. The van der Waals surface area contributed by atoms with Gasteiger partial charge in [-0.05, 0) is 56.1 Å². The zero-order valence-electron chi connectivity index (χ0n) is 20.0. The summed E-state index contributed by atoms with van der Waals surface area (Å²) in [6, 6.07) is 12.0. The summed E-state index contributed by atoms with van der Waals surface area (Å²) >= 11 is 0. The van der Waals surface area contributed by atoms with E-state index >= 15 is 0 Å². The molecule has 0 radical (unpaired) electrons. The Hall–Kier alpha value is -3.65. The van der Waals surface area contributed by atoms with Crippen LogP contribution in [0, 0.1) is 0 Å². The van der Waals surface area contributed by atoms with Crippen LogP contribution < -0.4 is 10.1 Å². The molecule has 8 heteroatoms. The molecule has 5 heterocycles. The number of amides is 3. The van der Waals surface area contributed by atoms with Gasteiger partial charge in [-0.3, -0.25) is 24.6 Å². The van der Waals surface area contributed by atoms with Crippen LogP contribution >= 0.6 is 0 Å². The van der Waals surface area contributed by atoms with Crippen molar-refractivity contribution >= 4 is 28.6 Å². The predicted octanol–water partition coefficient (Wildman–Crippen LogP) is 2.86. The SMILES string of the molecule is O=C1CCC(N2Cc3c(ccc4c3OCC43CCN(Cc4cccc5[nH]ccc45)CC3)C2=O)C(=O)N1. The molecule has 1 unspecified atom stereocenters. The number of hydrogen-bond acceptors (Lipinski definition) is 5. The van der Waals surface area contributed by atoms with Gasteiger partial charge in [0.2, 0.25) is 11.8 Å². The summed E-state index contributed by atoms with van der Waals surface area (Å²) in [6.45, 7) is 3.89. The number of aromatic amines is 1. The van der Waals surface area contributed by atoms with Gasteiger partial charge in [0, 0.05) is 52.2 Å². The van der Waals surface area contributed by atoms with E-state index < -0.39 is 6.04 Å². The minimum Gasteiger partial charge on any atom is -0.492 e. The Kier molecular flexibility index (Phi) is 4.76. The van der Waals surface area contributed by atoms with Crippen molar-refractivity contribution in [2.75, 3.05) is 19.7 Å². The van der Waals surface area contributed by atoms with E-state index in [2.05, 4.69) is 45.5 Å². The van der Waals surface area contributed by atoms with Crippen molar-refractivity contribution < 1.29 is 19.1 Å². The maximum Gasteiger partial charge on any atom is 0.255 e. The van der Waals surface area contributed by atoms with Crippen molar-refractivity contribution in [2.24, 2.45) is 0 Å². The molecule has 2 aromatic carbocycles. The highest BCUT2D eigenvalue weighted by atomic mass is 16.5. The Bertz CT molecular complexity index is 1420. The van der Waals surface area contributed by atoms with Crippen LogP contribution in [0.1, 0.15) is 52.7 Å². The summed E-state index contributed by atoms with van der Waals surface area (Å²) in [7, 11) is 0. The van der Waals surface area contributed by atoms with Crippen molar-refractivity contribution in [2.45, 2.75) is 50.2 Å². The van der Waals surface area contributed by atoms with E-state index in [0.717, 1.165) is 43.8 Å². The molecule has 7 rings (SSSR count). The van der Waals surface area contributed by atoms with Gasteiger partial charge >= 0.3 is 0 Å². The standard InChI is InChI=1S/C28H28N4O4/c33-24-7-6-23(26(34)30-24)32-15-20-19(27(32)35)4-5-21-25(20)36-16-28(21)9-12-31(13-10-28)14-17-2-1-3-22-18(17)8-11-29-22/h1-5,8,11,23,29H,6-7,9-10,12-16H2,(H,30,33,34). The molecule has 3 amide bonds. The first kappa shape index (κ1) is 21.6. The number of likely N-dealkylation sites (tertiary alicyclic amines) is 1. The predicted molar refractivity (Wildman–Crippen MR) is 132 cm³/mol. The van der Waals surface area contributed by atoms with Gasteiger partial charge in [0.25, 0.3) is 5.91 Å². The molecule has 2 fully saturated rings. The average Bonchev–Trinajstić information content (AvgIpc) is 3.58. The van der Waals surface area contributed by atoms with Gasteiger partial charge in [-0.1, -0.05) is 18.2 Å². The van der Waals surface area contributed by atoms with Gasteiger partial charge in [0.15, 0.2) is 0 Å². The second kappa shape index (κ2) is 7.93. The zero-order chi connectivity index (χ0) is 24.4. The molecule has 0 saturated carbocycles. The molecule has 1 spiro atoms. The normalized spacial score (nSPS) is 23.2. The van der Waals surface area contributed by atoms with E-state index in [4.69, 9.17) is 4.74 Å². The first-order valence-corrected chi connectivity index (χ1v) is 12.7. The molecule has 2 saturated heterocycles. The number of nitrogens with zero attached hydrogens (tertiary/aromatic N) is 2. The Morgan fingerprint density at radius 1 is 1.06 bits per heavy atom. The maximum absolute atomic E-state index is 13.2. The van der Waals surface area contributed by atoms with Gasteiger partial charge in [-0.15, -0.1) is 0 Å². The Labute approximate surface area is 208 Å². The second-order valence-corrected chi connectivity index (χ2v) is 10.6.